The van der Waals surface area contributed by atoms with Crippen molar-refractivity contribution in [3.05, 3.63) is 24.0 Å². The zero-order valence-electron chi connectivity index (χ0n) is 19.8. The van der Waals surface area contributed by atoms with Gasteiger partial charge < -0.3 is 5.11 Å². The maximum absolute atomic E-state index is 14.0. The van der Waals surface area contributed by atoms with Crippen LogP contribution in [0.3, 0.4) is 0 Å². The lowest BCUT2D eigenvalue weighted by molar-refractivity contribution is -0.133. The van der Waals surface area contributed by atoms with Crippen LogP contribution in [-0.4, -0.2) is 31.5 Å². The summed E-state index contributed by atoms with van der Waals surface area (Å²) in [6.45, 7) is 4.52. The first-order valence-corrected chi connectivity index (χ1v) is 13.0. The third-order valence-corrected chi connectivity index (χ3v) is 10.3. The van der Waals surface area contributed by atoms with Gasteiger partial charge in [0.25, 0.3) is 0 Å². The van der Waals surface area contributed by atoms with E-state index in [1.165, 1.54) is 36.5 Å². The number of halogens is 1. The highest BCUT2D eigenvalue weighted by molar-refractivity contribution is 5.82. The van der Waals surface area contributed by atoms with Crippen LogP contribution in [0.4, 0.5) is 4.39 Å². The van der Waals surface area contributed by atoms with E-state index < -0.39 is 11.4 Å². The van der Waals surface area contributed by atoms with Gasteiger partial charge in [-0.3, -0.25) is 4.79 Å². The third-order valence-electron chi connectivity index (χ3n) is 10.3. The lowest BCUT2D eigenvalue weighted by atomic mass is 9.49. The van der Waals surface area contributed by atoms with E-state index in [1.807, 2.05) is 6.92 Å². The highest BCUT2D eigenvalue weighted by atomic mass is 19.1. The molecule has 0 spiro atoms. The van der Waals surface area contributed by atoms with Gasteiger partial charge in [-0.05, 0) is 112 Å². The van der Waals surface area contributed by atoms with Crippen LogP contribution in [0.2, 0.25) is 0 Å². The Morgan fingerprint density at radius 3 is 2.70 bits per heavy atom. The lowest BCUT2D eigenvalue weighted by Gasteiger charge is -2.56. The van der Waals surface area contributed by atoms with Crippen molar-refractivity contribution in [1.82, 2.24) is 15.0 Å². The van der Waals surface area contributed by atoms with Crippen LogP contribution in [0.25, 0.3) is 11.0 Å². The van der Waals surface area contributed by atoms with Gasteiger partial charge in [-0.1, -0.05) is 13.0 Å². The molecule has 0 bridgehead atoms. The number of aromatic nitrogens is 3. The van der Waals surface area contributed by atoms with E-state index in [0.29, 0.717) is 17.4 Å². The van der Waals surface area contributed by atoms with E-state index in [9.17, 15) is 14.3 Å². The Kier molecular flexibility index (Phi) is 4.99. The molecule has 0 saturated heterocycles. The van der Waals surface area contributed by atoms with Gasteiger partial charge in [-0.25, -0.2) is 4.39 Å². The second-order valence-corrected chi connectivity index (χ2v) is 12.2. The van der Waals surface area contributed by atoms with Crippen LogP contribution >= 0.6 is 0 Å². The molecule has 4 fully saturated rings. The number of carbonyl (C=O) groups is 1. The SMILES string of the molecule is C[C@@]1(O)CC[C@H]2[C@H](CC[C@@H]3[C@@H]2CC[C@]2(C)[C@@H](C(=O)Cn4nc5cccc(F)c5n4)CC[C@@H]32)C1. The second-order valence-electron chi connectivity index (χ2n) is 12.2. The molecular formula is C27H36FN3O2. The van der Waals surface area contributed by atoms with Gasteiger partial charge in [0, 0.05) is 5.92 Å². The van der Waals surface area contributed by atoms with E-state index in [1.54, 1.807) is 12.1 Å². The number of Topliss-reactive ketones (excluding diaryl/α,β-unsaturated/α-hetero) is 1. The zero-order chi connectivity index (χ0) is 23.0. The summed E-state index contributed by atoms with van der Waals surface area (Å²) in [7, 11) is 0. The molecule has 1 aromatic carbocycles. The normalized spacial score (nSPS) is 42.5. The molecule has 6 heteroatoms. The van der Waals surface area contributed by atoms with Crippen LogP contribution < -0.4 is 0 Å². The molecule has 0 unspecified atom stereocenters. The fourth-order valence-electron chi connectivity index (χ4n) is 8.88. The molecule has 4 aliphatic rings. The first-order chi connectivity index (χ1) is 15.7. The van der Waals surface area contributed by atoms with Crippen LogP contribution in [0.1, 0.15) is 71.6 Å². The van der Waals surface area contributed by atoms with Crippen molar-refractivity contribution in [3.8, 4) is 0 Å². The Morgan fingerprint density at radius 1 is 1.06 bits per heavy atom. The van der Waals surface area contributed by atoms with E-state index in [0.717, 1.165) is 49.9 Å². The summed E-state index contributed by atoms with van der Waals surface area (Å²) >= 11 is 0. The molecule has 0 radical (unpaired) electrons. The average molecular weight is 454 g/mol. The van der Waals surface area contributed by atoms with Crippen LogP contribution in [0, 0.1) is 46.7 Å². The van der Waals surface area contributed by atoms with Gasteiger partial charge in [0.2, 0.25) is 0 Å². The number of hydrogen-bond acceptors (Lipinski definition) is 4. The number of ketones is 1. The minimum Gasteiger partial charge on any atom is -0.390 e. The van der Waals surface area contributed by atoms with Crippen LogP contribution in [0.15, 0.2) is 18.2 Å². The number of fused-ring (bicyclic) bond motifs is 6. The Hall–Kier alpha value is -1.82. The number of benzene rings is 1. The summed E-state index contributed by atoms with van der Waals surface area (Å²) in [6.07, 6.45) is 10.0. The molecule has 33 heavy (non-hydrogen) atoms. The highest BCUT2D eigenvalue weighted by Gasteiger charge is 2.58. The number of hydrogen-bond donors (Lipinski definition) is 1. The average Bonchev–Trinajstić information content (AvgIpc) is 3.33. The Labute approximate surface area is 195 Å². The fourth-order valence-corrected chi connectivity index (χ4v) is 8.88. The third kappa shape index (κ3) is 3.46. The molecule has 0 aliphatic heterocycles. The van der Waals surface area contributed by atoms with E-state index >= 15 is 0 Å². The summed E-state index contributed by atoms with van der Waals surface area (Å²) in [4.78, 5) is 14.9. The van der Waals surface area contributed by atoms with Gasteiger partial charge in [0.05, 0.1) is 5.60 Å². The maximum atomic E-state index is 14.0. The molecule has 4 aliphatic carbocycles. The largest absolute Gasteiger partial charge is 0.390 e. The van der Waals surface area contributed by atoms with Gasteiger partial charge in [0.1, 0.15) is 17.6 Å². The maximum Gasteiger partial charge on any atom is 0.159 e. The van der Waals surface area contributed by atoms with Crippen molar-refractivity contribution in [2.24, 2.45) is 40.9 Å². The topological polar surface area (TPSA) is 68.0 Å². The molecule has 5 nitrogen and oxygen atoms in total. The van der Waals surface area contributed by atoms with Gasteiger partial charge >= 0.3 is 0 Å². The first kappa shape index (κ1) is 21.7. The second kappa shape index (κ2) is 7.59. The summed E-state index contributed by atoms with van der Waals surface area (Å²) in [5.41, 5.74) is 0.325. The molecule has 8 atom stereocenters. The molecule has 1 heterocycles. The van der Waals surface area contributed by atoms with Crippen LogP contribution in [0.5, 0.6) is 0 Å². The predicted molar refractivity (Wildman–Crippen MR) is 124 cm³/mol. The molecule has 6 rings (SSSR count). The molecule has 1 aromatic heterocycles. The van der Waals surface area contributed by atoms with Crippen molar-refractivity contribution in [2.75, 3.05) is 0 Å². The van der Waals surface area contributed by atoms with E-state index in [4.69, 9.17) is 0 Å². The van der Waals surface area contributed by atoms with Crippen molar-refractivity contribution in [3.63, 3.8) is 0 Å². The Balaban J connectivity index is 1.19. The standard InChI is InChI=1S/C27H36FN3O2/c1-26(33)12-10-17-16(14-26)6-7-19-18(17)11-13-27(2)20(19)8-9-21(27)24(32)15-31-29-23-5-3-4-22(28)25(23)30-31/h3-5,16-21,33H,6-15H2,1-2H3/t16-,17+,18-,19-,20+,21-,26-,27+/m1/s1. The Morgan fingerprint density at radius 2 is 1.88 bits per heavy atom. The van der Waals surface area contributed by atoms with E-state index in [-0.39, 0.29) is 29.2 Å². The van der Waals surface area contributed by atoms with Gasteiger partial charge in [-0.2, -0.15) is 9.90 Å². The van der Waals surface area contributed by atoms with Crippen molar-refractivity contribution >= 4 is 16.8 Å². The Bertz CT molecular complexity index is 1080. The van der Waals surface area contributed by atoms with Crippen molar-refractivity contribution in [1.29, 1.82) is 0 Å². The molecule has 4 saturated carbocycles. The fraction of sp³-hybridized carbons (Fsp3) is 0.741. The summed E-state index contributed by atoms with van der Waals surface area (Å²) in [6, 6.07) is 4.75. The molecular weight excluding hydrogens is 417 g/mol. The summed E-state index contributed by atoms with van der Waals surface area (Å²) < 4.78 is 14.0. The van der Waals surface area contributed by atoms with Crippen LogP contribution in [-0.2, 0) is 11.3 Å². The minimum absolute atomic E-state index is 0.0484. The van der Waals surface area contributed by atoms with E-state index in [2.05, 4.69) is 17.1 Å². The summed E-state index contributed by atoms with van der Waals surface area (Å²) in [5.74, 6) is 3.43. The number of aliphatic hydroxyl groups is 1. The summed E-state index contributed by atoms with van der Waals surface area (Å²) in [5, 5.41) is 19.2. The molecule has 2 aromatic rings. The first-order valence-electron chi connectivity index (χ1n) is 13.0. The van der Waals surface area contributed by atoms with Crippen molar-refractivity contribution in [2.45, 2.75) is 83.8 Å². The smallest absolute Gasteiger partial charge is 0.159 e. The predicted octanol–water partition coefficient (Wildman–Crippen LogP) is 5.16. The van der Waals surface area contributed by atoms with Crippen molar-refractivity contribution < 1.29 is 14.3 Å². The monoisotopic (exact) mass is 453 g/mol. The number of rotatable bonds is 3. The number of nitrogens with zero attached hydrogens (tertiary/aromatic N) is 3. The number of carbonyl (C=O) groups excluding carboxylic acids is 1. The quantitative estimate of drug-likeness (QED) is 0.697. The molecule has 1 N–H and O–H groups in total. The van der Waals surface area contributed by atoms with Gasteiger partial charge in [0.15, 0.2) is 11.6 Å². The zero-order valence-corrected chi connectivity index (χ0v) is 19.8. The minimum atomic E-state index is -0.476. The highest BCUT2D eigenvalue weighted by Crippen LogP contribution is 2.64. The molecule has 178 valence electrons. The lowest BCUT2D eigenvalue weighted by Crippen LogP contribution is -2.51. The molecule has 0 amide bonds. The van der Waals surface area contributed by atoms with Gasteiger partial charge in [-0.15, -0.1) is 5.10 Å².